The molecule has 36 heavy (non-hydrogen) atoms. The van der Waals surface area contributed by atoms with E-state index in [0.29, 0.717) is 5.02 Å². The predicted octanol–water partition coefficient (Wildman–Crippen LogP) is 6.70. The van der Waals surface area contributed by atoms with Crippen molar-refractivity contribution in [2.45, 2.75) is 18.7 Å². The summed E-state index contributed by atoms with van der Waals surface area (Å²) in [5.74, 6) is -0.653. The summed E-state index contributed by atoms with van der Waals surface area (Å²) in [6.45, 7) is 0.0994. The van der Waals surface area contributed by atoms with Gasteiger partial charge in [0, 0.05) is 5.02 Å². The van der Waals surface area contributed by atoms with E-state index in [1.165, 1.54) is 0 Å². The molecule has 4 aromatic rings. The van der Waals surface area contributed by atoms with E-state index in [2.05, 4.69) is 5.43 Å². The van der Waals surface area contributed by atoms with Crippen molar-refractivity contribution in [2.24, 2.45) is 0 Å². The van der Waals surface area contributed by atoms with Gasteiger partial charge in [-0.3, -0.25) is 5.01 Å². The number of nitrogens with zero attached hydrogens (tertiary/aromatic N) is 1. The minimum absolute atomic E-state index is 0.0678. The lowest BCUT2D eigenvalue weighted by Gasteiger charge is -2.42. The fraction of sp³-hybridized carbons (Fsp3) is 0.100. The number of halogens is 1. The summed E-state index contributed by atoms with van der Waals surface area (Å²) in [7, 11) is 0. The summed E-state index contributed by atoms with van der Waals surface area (Å²) in [6.07, 6.45) is 0. The van der Waals surface area contributed by atoms with Gasteiger partial charge in [0.25, 0.3) is 0 Å². The molecule has 0 amide bonds. The molecule has 0 fully saturated rings. The SMILES string of the molecule is O=C(OCc1ccccc1)C1=C(O)[C@@H](c2ccccc2)N(c2ccccc2)N[C@H]1c1ccc(Cl)cc1. The molecule has 0 spiro atoms. The zero-order chi connectivity index (χ0) is 24.9. The van der Waals surface area contributed by atoms with Crippen molar-refractivity contribution in [3.8, 4) is 0 Å². The summed E-state index contributed by atoms with van der Waals surface area (Å²) >= 11 is 6.14. The van der Waals surface area contributed by atoms with Crippen LogP contribution in [0, 0.1) is 0 Å². The van der Waals surface area contributed by atoms with Crippen LogP contribution in [-0.4, -0.2) is 11.1 Å². The number of carbonyl (C=O) groups is 1. The highest BCUT2D eigenvalue weighted by Crippen LogP contribution is 2.41. The largest absolute Gasteiger partial charge is 0.509 e. The first-order chi connectivity index (χ1) is 17.6. The van der Waals surface area contributed by atoms with Gasteiger partial charge < -0.3 is 9.84 Å². The number of rotatable bonds is 6. The number of hydrogen-bond acceptors (Lipinski definition) is 5. The number of nitrogens with one attached hydrogen (secondary N) is 1. The summed E-state index contributed by atoms with van der Waals surface area (Å²) in [5.41, 5.74) is 6.95. The molecule has 0 radical (unpaired) electrons. The first kappa shape index (κ1) is 23.7. The lowest BCUT2D eigenvalue weighted by molar-refractivity contribution is -0.141. The Morgan fingerprint density at radius 2 is 1.39 bits per heavy atom. The van der Waals surface area contributed by atoms with Gasteiger partial charge in [0.1, 0.15) is 24.0 Å². The van der Waals surface area contributed by atoms with Gasteiger partial charge in [-0.2, -0.15) is 0 Å². The third kappa shape index (κ3) is 4.98. The Morgan fingerprint density at radius 3 is 2.03 bits per heavy atom. The van der Waals surface area contributed by atoms with E-state index in [9.17, 15) is 9.90 Å². The van der Waals surface area contributed by atoms with Crippen LogP contribution in [0.4, 0.5) is 5.69 Å². The second kappa shape index (κ2) is 10.7. The van der Waals surface area contributed by atoms with Gasteiger partial charge in [-0.25, -0.2) is 10.2 Å². The van der Waals surface area contributed by atoms with Gasteiger partial charge in [-0.05, 0) is 41.0 Å². The molecule has 180 valence electrons. The summed E-state index contributed by atoms with van der Waals surface area (Å²) in [4.78, 5) is 13.5. The quantitative estimate of drug-likeness (QED) is 0.291. The molecule has 6 heteroatoms. The van der Waals surface area contributed by atoms with Crippen LogP contribution in [0.15, 0.2) is 127 Å². The normalized spacial score (nSPS) is 17.6. The first-order valence-corrected chi connectivity index (χ1v) is 12.0. The van der Waals surface area contributed by atoms with Crippen LogP contribution in [0.2, 0.25) is 5.02 Å². The minimum Gasteiger partial charge on any atom is -0.509 e. The molecule has 2 atom stereocenters. The maximum absolute atomic E-state index is 13.5. The molecule has 0 saturated heterocycles. The second-order valence-corrected chi connectivity index (χ2v) is 8.93. The van der Waals surface area contributed by atoms with Gasteiger partial charge >= 0.3 is 5.97 Å². The van der Waals surface area contributed by atoms with Crippen molar-refractivity contribution < 1.29 is 14.6 Å². The van der Waals surface area contributed by atoms with Crippen molar-refractivity contribution in [2.75, 3.05) is 5.01 Å². The molecule has 0 aromatic heterocycles. The third-order valence-electron chi connectivity index (χ3n) is 6.14. The average molecular weight is 497 g/mol. The van der Waals surface area contributed by atoms with Crippen molar-refractivity contribution in [1.82, 2.24) is 5.43 Å². The van der Waals surface area contributed by atoms with Crippen LogP contribution in [0.3, 0.4) is 0 Å². The van der Waals surface area contributed by atoms with Crippen LogP contribution >= 0.6 is 11.6 Å². The number of hydrogen-bond donors (Lipinski definition) is 2. The second-order valence-electron chi connectivity index (χ2n) is 8.49. The topological polar surface area (TPSA) is 61.8 Å². The number of ether oxygens (including phenoxy) is 1. The smallest absolute Gasteiger partial charge is 0.339 e. The predicted molar refractivity (Wildman–Crippen MR) is 141 cm³/mol. The molecule has 5 rings (SSSR count). The highest BCUT2D eigenvalue weighted by Gasteiger charge is 2.41. The Morgan fingerprint density at radius 1 is 0.806 bits per heavy atom. The van der Waals surface area contributed by atoms with Crippen molar-refractivity contribution >= 4 is 23.3 Å². The Bertz CT molecular complexity index is 1340. The Labute approximate surface area is 215 Å². The third-order valence-corrected chi connectivity index (χ3v) is 6.39. The number of esters is 1. The Kier molecular flexibility index (Phi) is 7.03. The molecular formula is C30H25ClN2O3. The number of benzene rings is 4. The molecule has 0 bridgehead atoms. The van der Waals surface area contributed by atoms with E-state index in [1.54, 1.807) is 12.1 Å². The number of aliphatic hydroxyl groups excluding tert-OH is 1. The van der Waals surface area contributed by atoms with Crippen LogP contribution in [0.25, 0.3) is 0 Å². The average Bonchev–Trinajstić information content (AvgIpc) is 2.93. The molecule has 1 aliphatic heterocycles. The lowest BCUT2D eigenvalue weighted by atomic mass is 9.90. The number of anilines is 1. The zero-order valence-electron chi connectivity index (χ0n) is 19.4. The van der Waals surface area contributed by atoms with Crippen LogP contribution < -0.4 is 10.4 Å². The van der Waals surface area contributed by atoms with E-state index in [0.717, 1.165) is 22.4 Å². The molecule has 5 nitrogen and oxygen atoms in total. The molecular weight excluding hydrogens is 472 g/mol. The highest BCUT2D eigenvalue weighted by molar-refractivity contribution is 6.30. The fourth-order valence-electron chi connectivity index (χ4n) is 4.37. The van der Waals surface area contributed by atoms with Crippen molar-refractivity contribution in [1.29, 1.82) is 0 Å². The van der Waals surface area contributed by atoms with Crippen LogP contribution in [0.5, 0.6) is 0 Å². The zero-order valence-corrected chi connectivity index (χ0v) is 20.2. The van der Waals surface area contributed by atoms with E-state index < -0.39 is 18.1 Å². The van der Waals surface area contributed by atoms with Gasteiger partial charge in [0.15, 0.2) is 0 Å². The maximum atomic E-state index is 13.5. The van der Waals surface area contributed by atoms with E-state index in [4.69, 9.17) is 16.3 Å². The maximum Gasteiger partial charge on any atom is 0.339 e. The fourth-order valence-corrected chi connectivity index (χ4v) is 4.50. The minimum atomic E-state index is -0.661. The molecule has 0 unspecified atom stereocenters. The summed E-state index contributed by atoms with van der Waals surface area (Å²) in [5, 5.41) is 14.2. The molecule has 4 aromatic carbocycles. The summed E-state index contributed by atoms with van der Waals surface area (Å²) < 4.78 is 5.70. The van der Waals surface area contributed by atoms with E-state index in [1.807, 2.05) is 108 Å². The number of carbonyl (C=O) groups excluding carboxylic acids is 1. The first-order valence-electron chi connectivity index (χ1n) is 11.7. The van der Waals surface area contributed by atoms with E-state index >= 15 is 0 Å². The van der Waals surface area contributed by atoms with Gasteiger partial charge in [0.05, 0.1) is 11.7 Å². The Balaban J connectivity index is 1.61. The number of aliphatic hydroxyl groups is 1. The van der Waals surface area contributed by atoms with Gasteiger partial charge in [-0.1, -0.05) is 103 Å². The molecule has 2 N–H and O–H groups in total. The van der Waals surface area contributed by atoms with Crippen LogP contribution in [-0.2, 0) is 16.1 Å². The monoisotopic (exact) mass is 496 g/mol. The molecule has 0 aliphatic carbocycles. The number of para-hydroxylation sites is 1. The van der Waals surface area contributed by atoms with Gasteiger partial charge in [-0.15, -0.1) is 0 Å². The van der Waals surface area contributed by atoms with E-state index in [-0.39, 0.29) is 17.9 Å². The molecule has 0 saturated carbocycles. The molecule has 1 aliphatic rings. The molecule has 1 heterocycles. The number of hydrazine groups is 1. The standard InChI is InChI=1S/C30H25ClN2O3/c31-24-18-16-22(17-19-24)27-26(30(35)36-20-21-10-4-1-5-11-21)29(34)28(23-12-6-2-7-13-23)33(32-27)25-14-8-3-9-15-25/h1-19,27-28,32,34H,20H2/t27-,28+/m0/s1. The lowest BCUT2D eigenvalue weighted by Crippen LogP contribution is -2.50. The highest BCUT2D eigenvalue weighted by atomic mass is 35.5. The van der Waals surface area contributed by atoms with Gasteiger partial charge in [0.2, 0.25) is 0 Å². The van der Waals surface area contributed by atoms with Crippen LogP contribution in [0.1, 0.15) is 28.8 Å². The van der Waals surface area contributed by atoms with Crippen molar-refractivity contribution in [3.63, 3.8) is 0 Å². The summed E-state index contributed by atoms with van der Waals surface area (Å²) in [6, 6.07) is 34.6. The van der Waals surface area contributed by atoms with Crippen molar-refractivity contribution in [3.05, 3.63) is 148 Å². The Hall–Kier alpha value is -4.06.